The molecular weight excluding hydrogens is 202 g/mol. The Kier molecular flexibility index (Phi) is 1.83. The Hall–Kier alpha value is -2.43. The second-order valence-corrected chi connectivity index (χ2v) is 3.45. The number of fused-ring (bicyclic) bond motifs is 1. The minimum atomic E-state index is 0.704. The van der Waals surface area contributed by atoms with E-state index in [9.17, 15) is 0 Å². The summed E-state index contributed by atoms with van der Waals surface area (Å²) in [4.78, 5) is 8.20. The molecule has 0 aliphatic carbocycles. The van der Waals surface area contributed by atoms with E-state index in [0.29, 0.717) is 5.69 Å². The summed E-state index contributed by atoms with van der Waals surface area (Å²) in [5.41, 5.74) is 8.22. The Bertz CT molecular complexity index is 630. The van der Waals surface area contributed by atoms with Crippen molar-refractivity contribution in [2.45, 2.75) is 0 Å². The van der Waals surface area contributed by atoms with Gasteiger partial charge in [0.15, 0.2) is 0 Å². The van der Waals surface area contributed by atoms with Crippen LogP contribution in [0.5, 0.6) is 0 Å². The molecule has 0 fully saturated rings. The molecule has 1 aromatic carbocycles. The topological polar surface area (TPSA) is 69.6 Å². The minimum absolute atomic E-state index is 0.704. The second kappa shape index (κ2) is 3.30. The maximum absolute atomic E-state index is 5.72. The standard InChI is InChI=1S/C11H9N5/c12-8-1-2-9-10(5-8)14-4-3-11(9)16-7-13-6-15-16/h1-7H,12H2. The molecular formula is C11H9N5. The van der Waals surface area contributed by atoms with Gasteiger partial charge in [0.25, 0.3) is 0 Å². The van der Waals surface area contributed by atoms with Gasteiger partial charge in [0.1, 0.15) is 12.7 Å². The summed E-state index contributed by atoms with van der Waals surface area (Å²) in [7, 11) is 0. The number of benzene rings is 1. The molecule has 16 heavy (non-hydrogen) atoms. The summed E-state index contributed by atoms with van der Waals surface area (Å²) in [6.45, 7) is 0. The van der Waals surface area contributed by atoms with Crippen LogP contribution in [0.4, 0.5) is 5.69 Å². The van der Waals surface area contributed by atoms with E-state index < -0.39 is 0 Å². The third-order valence-corrected chi connectivity index (χ3v) is 2.41. The predicted octanol–water partition coefficient (Wildman–Crippen LogP) is 1.40. The van der Waals surface area contributed by atoms with Crippen molar-refractivity contribution in [2.75, 3.05) is 5.73 Å². The molecule has 0 unspecified atom stereocenters. The SMILES string of the molecule is Nc1ccc2c(-n3cncn3)ccnc2c1. The maximum Gasteiger partial charge on any atom is 0.138 e. The van der Waals surface area contributed by atoms with Crippen LogP contribution in [0.1, 0.15) is 0 Å². The summed E-state index contributed by atoms with van der Waals surface area (Å²) < 4.78 is 1.71. The molecule has 78 valence electrons. The highest BCUT2D eigenvalue weighted by Gasteiger charge is 2.04. The van der Waals surface area contributed by atoms with Crippen LogP contribution in [0.15, 0.2) is 43.1 Å². The highest BCUT2D eigenvalue weighted by atomic mass is 15.3. The smallest absolute Gasteiger partial charge is 0.138 e. The zero-order valence-electron chi connectivity index (χ0n) is 8.41. The Morgan fingerprint density at radius 1 is 1.19 bits per heavy atom. The monoisotopic (exact) mass is 211 g/mol. The lowest BCUT2D eigenvalue weighted by atomic mass is 10.2. The molecule has 0 bridgehead atoms. The van der Waals surface area contributed by atoms with E-state index in [2.05, 4.69) is 15.1 Å². The average molecular weight is 211 g/mol. The van der Waals surface area contributed by atoms with Gasteiger partial charge in [-0.25, -0.2) is 9.67 Å². The number of aromatic nitrogens is 4. The van der Waals surface area contributed by atoms with Gasteiger partial charge < -0.3 is 5.73 Å². The van der Waals surface area contributed by atoms with E-state index in [1.807, 2.05) is 24.3 Å². The van der Waals surface area contributed by atoms with Crippen molar-refractivity contribution in [3.8, 4) is 5.69 Å². The number of hydrogen-bond donors (Lipinski definition) is 1. The quantitative estimate of drug-likeness (QED) is 0.617. The summed E-state index contributed by atoms with van der Waals surface area (Å²) in [6, 6.07) is 7.53. The van der Waals surface area contributed by atoms with Gasteiger partial charge in [0.05, 0.1) is 11.2 Å². The van der Waals surface area contributed by atoms with E-state index in [0.717, 1.165) is 16.6 Å². The first-order valence-electron chi connectivity index (χ1n) is 4.84. The van der Waals surface area contributed by atoms with E-state index in [1.165, 1.54) is 6.33 Å². The van der Waals surface area contributed by atoms with Crippen LogP contribution in [0.2, 0.25) is 0 Å². The molecule has 0 aliphatic rings. The van der Waals surface area contributed by atoms with Crippen molar-refractivity contribution in [1.29, 1.82) is 0 Å². The van der Waals surface area contributed by atoms with Gasteiger partial charge in [-0.1, -0.05) is 0 Å². The molecule has 5 heteroatoms. The number of anilines is 1. The maximum atomic E-state index is 5.72. The van der Waals surface area contributed by atoms with Crippen molar-refractivity contribution in [3.05, 3.63) is 43.1 Å². The minimum Gasteiger partial charge on any atom is -0.399 e. The molecule has 0 amide bonds. The lowest BCUT2D eigenvalue weighted by molar-refractivity contribution is 0.884. The first-order valence-corrected chi connectivity index (χ1v) is 4.84. The number of pyridine rings is 1. The van der Waals surface area contributed by atoms with Gasteiger partial charge in [-0.15, -0.1) is 0 Å². The largest absolute Gasteiger partial charge is 0.399 e. The third kappa shape index (κ3) is 1.30. The predicted molar refractivity (Wildman–Crippen MR) is 61.1 cm³/mol. The molecule has 0 saturated carbocycles. The zero-order chi connectivity index (χ0) is 11.0. The first kappa shape index (κ1) is 8.84. The van der Waals surface area contributed by atoms with E-state index in [-0.39, 0.29) is 0 Å². The molecule has 0 atom stereocenters. The van der Waals surface area contributed by atoms with Crippen LogP contribution in [0, 0.1) is 0 Å². The van der Waals surface area contributed by atoms with Gasteiger partial charge in [-0.05, 0) is 24.3 Å². The first-order chi connectivity index (χ1) is 7.84. The van der Waals surface area contributed by atoms with Crippen molar-refractivity contribution >= 4 is 16.6 Å². The van der Waals surface area contributed by atoms with Gasteiger partial charge in [-0.2, -0.15) is 5.10 Å². The number of nitrogen functional groups attached to an aromatic ring is 1. The highest BCUT2D eigenvalue weighted by Crippen LogP contribution is 2.21. The Balaban J connectivity index is 2.34. The summed E-state index contributed by atoms with van der Waals surface area (Å²) >= 11 is 0. The zero-order valence-corrected chi connectivity index (χ0v) is 8.41. The number of nitrogens with two attached hydrogens (primary N) is 1. The van der Waals surface area contributed by atoms with Gasteiger partial charge in [-0.3, -0.25) is 4.98 Å². The lowest BCUT2D eigenvalue weighted by Crippen LogP contribution is -1.97. The molecule has 5 nitrogen and oxygen atoms in total. The van der Waals surface area contributed by atoms with Gasteiger partial charge in [0, 0.05) is 17.3 Å². The molecule has 0 saturated heterocycles. The fraction of sp³-hybridized carbons (Fsp3) is 0. The fourth-order valence-corrected chi connectivity index (χ4v) is 1.68. The number of nitrogens with zero attached hydrogens (tertiary/aromatic N) is 4. The molecule has 0 radical (unpaired) electrons. The summed E-state index contributed by atoms with van der Waals surface area (Å²) in [6.07, 6.45) is 4.90. The van der Waals surface area contributed by atoms with Gasteiger partial charge in [0.2, 0.25) is 0 Å². The van der Waals surface area contributed by atoms with E-state index in [4.69, 9.17) is 5.73 Å². The molecule has 2 heterocycles. The van der Waals surface area contributed by atoms with E-state index in [1.54, 1.807) is 17.2 Å². The van der Waals surface area contributed by atoms with Crippen LogP contribution >= 0.6 is 0 Å². The second-order valence-electron chi connectivity index (χ2n) is 3.45. The van der Waals surface area contributed by atoms with Crippen molar-refractivity contribution < 1.29 is 0 Å². The van der Waals surface area contributed by atoms with Crippen LogP contribution in [-0.4, -0.2) is 19.7 Å². The lowest BCUT2D eigenvalue weighted by Gasteiger charge is -2.05. The fourth-order valence-electron chi connectivity index (χ4n) is 1.68. The molecule has 2 aromatic heterocycles. The van der Waals surface area contributed by atoms with Crippen molar-refractivity contribution in [3.63, 3.8) is 0 Å². The summed E-state index contributed by atoms with van der Waals surface area (Å²) in [5, 5.41) is 5.11. The molecule has 3 rings (SSSR count). The van der Waals surface area contributed by atoms with Crippen LogP contribution < -0.4 is 5.73 Å². The average Bonchev–Trinajstić information content (AvgIpc) is 2.81. The summed E-state index contributed by atoms with van der Waals surface area (Å²) in [5.74, 6) is 0. The number of hydrogen-bond acceptors (Lipinski definition) is 4. The van der Waals surface area contributed by atoms with Crippen molar-refractivity contribution in [2.24, 2.45) is 0 Å². The molecule has 2 N–H and O–H groups in total. The molecule has 3 aromatic rings. The van der Waals surface area contributed by atoms with Crippen LogP contribution in [0.3, 0.4) is 0 Å². The third-order valence-electron chi connectivity index (χ3n) is 2.41. The van der Waals surface area contributed by atoms with E-state index >= 15 is 0 Å². The Morgan fingerprint density at radius 2 is 2.12 bits per heavy atom. The number of rotatable bonds is 1. The van der Waals surface area contributed by atoms with Crippen LogP contribution in [-0.2, 0) is 0 Å². The Labute approximate surface area is 91.6 Å². The van der Waals surface area contributed by atoms with Crippen LogP contribution in [0.25, 0.3) is 16.6 Å². The Morgan fingerprint density at radius 3 is 2.94 bits per heavy atom. The normalized spacial score (nSPS) is 10.8. The van der Waals surface area contributed by atoms with Crippen molar-refractivity contribution in [1.82, 2.24) is 19.7 Å². The highest BCUT2D eigenvalue weighted by molar-refractivity contribution is 5.88. The molecule has 0 aliphatic heterocycles. The van der Waals surface area contributed by atoms with Gasteiger partial charge >= 0.3 is 0 Å². The molecule has 0 spiro atoms.